The van der Waals surface area contributed by atoms with Gasteiger partial charge in [-0.25, -0.2) is 0 Å². The first-order valence-electron chi connectivity index (χ1n) is 13.7. The zero-order valence-corrected chi connectivity index (χ0v) is 23.8. The van der Waals surface area contributed by atoms with Gasteiger partial charge in [-0.1, -0.05) is 24.3 Å². The lowest BCUT2D eigenvalue weighted by atomic mass is 10.0. The standard InChI is InChI=1S/C34H22N2O7S/c37-31(21-7-13-28-29(18-21)41-15-14-40-28)30-19-22-16-20(6-12-27(22)43-30)17-26-32(38)35-34(44)36(33(26)39)23-8-10-25(11-9-23)42-24-4-2-1-3-5-24/h1-13,16-19H,14-15H2,(H,35,38,44). The molecule has 0 unspecified atom stereocenters. The fourth-order valence-corrected chi connectivity index (χ4v) is 5.22. The van der Waals surface area contributed by atoms with Gasteiger partial charge in [0.1, 0.15) is 35.9 Å². The van der Waals surface area contributed by atoms with Crippen molar-refractivity contribution in [3.63, 3.8) is 0 Å². The van der Waals surface area contributed by atoms with Crippen LogP contribution in [0.1, 0.15) is 21.7 Å². The van der Waals surface area contributed by atoms with Gasteiger partial charge in [0.15, 0.2) is 22.4 Å². The lowest BCUT2D eigenvalue weighted by Crippen LogP contribution is -2.54. The molecule has 9 nitrogen and oxygen atoms in total. The number of rotatable bonds is 6. The molecule has 0 radical (unpaired) electrons. The Morgan fingerprint density at radius 1 is 0.841 bits per heavy atom. The van der Waals surface area contributed by atoms with Crippen LogP contribution in [0.25, 0.3) is 17.0 Å². The summed E-state index contributed by atoms with van der Waals surface area (Å²) in [6.07, 6.45) is 1.48. The maximum Gasteiger partial charge on any atom is 0.270 e. The van der Waals surface area contributed by atoms with E-state index in [1.54, 1.807) is 66.7 Å². The molecule has 5 aromatic rings. The summed E-state index contributed by atoms with van der Waals surface area (Å²) in [6.45, 7) is 0.867. The second-order valence-corrected chi connectivity index (χ2v) is 10.3. The van der Waals surface area contributed by atoms with E-state index in [1.165, 1.54) is 11.0 Å². The minimum atomic E-state index is -0.609. The van der Waals surface area contributed by atoms with Crippen LogP contribution in [0.2, 0.25) is 0 Å². The van der Waals surface area contributed by atoms with Crippen LogP contribution in [-0.2, 0) is 9.59 Å². The molecule has 1 fully saturated rings. The van der Waals surface area contributed by atoms with Gasteiger partial charge in [-0.15, -0.1) is 0 Å². The second kappa shape index (κ2) is 11.2. The summed E-state index contributed by atoms with van der Waals surface area (Å²) in [7, 11) is 0. The average Bonchev–Trinajstić information content (AvgIpc) is 3.47. The van der Waals surface area contributed by atoms with Crippen molar-refractivity contribution in [2.24, 2.45) is 0 Å². The van der Waals surface area contributed by atoms with Crippen molar-refractivity contribution in [1.82, 2.24) is 5.32 Å². The maximum absolute atomic E-state index is 13.5. The molecule has 0 aliphatic carbocycles. The molecule has 2 amide bonds. The van der Waals surface area contributed by atoms with Crippen LogP contribution in [0.3, 0.4) is 0 Å². The Hall–Kier alpha value is -5.74. The van der Waals surface area contributed by atoms with Gasteiger partial charge in [-0.05, 0) is 96.7 Å². The Morgan fingerprint density at radius 2 is 1.59 bits per heavy atom. The third-order valence-corrected chi connectivity index (χ3v) is 7.34. The van der Waals surface area contributed by atoms with Crippen molar-refractivity contribution in [1.29, 1.82) is 0 Å². The summed E-state index contributed by atoms with van der Waals surface area (Å²) < 4.78 is 22.8. The van der Waals surface area contributed by atoms with Crippen molar-refractivity contribution in [3.8, 4) is 23.0 Å². The highest BCUT2D eigenvalue weighted by atomic mass is 32.1. The molecule has 216 valence electrons. The molecule has 0 spiro atoms. The second-order valence-electron chi connectivity index (χ2n) is 9.96. The molecular formula is C34H22N2O7S. The van der Waals surface area contributed by atoms with Crippen LogP contribution in [0.4, 0.5) is 5.69 Å². The zero-order valence-electron chi connectivity index (χ0n) is 22.9. The molecule has 10 heteroatoms. The fraction of sp³-hybridized carbons (Fsp3) is 0.0588. The maximum atomic E-state index is 13.5. The van der Waals surface area contributed by atoms with Crippen LogP contribution in [0, 0.1) is 0 Å². The van der Waals surface area contributed by atoms with Crippen molar-refractivity contribution >= 4 is 57.7 Å². The number of anilines is 1. The predicted molar refractivity (Wildman–Crippen MR) is 166 cm³/mol. The van der Waals surface area contributed by atoms with Gasteiger partial charge in [-0.3, -0.25) is 24.6 Å². The number of fused-ring (bicyclic) bond motifs is 2. The first-order chi connectivity index (χ1) is 21.4. The first kappa shape index (κ1) is 27.1. The van der Waals surface area contributed by atoms with Crippen LogP contribution in [-0.4, -0.2) is 35.9 Å². The molecule has 2 aliphatic heterocycles. The van der Waals surface area contributed by atoms with Gasteiger partial charge >= 0.3 is 0 Å². The number of carbonyl (C=O) groups is 3. The van der Waals surface area contributed by atoms with Gasteiger partial charge in [0.2, 0.25) is 5.78 Å². The first-order valence-corrected chi connectivity index (χ1v) is 14.1. The van der Waals surface area contributed by atoms with Crippen molar-refractivity contribution in [2.75, 3.05) is 18.1 Å². The lowest BCUT2D eigenvalue weighted by molar-refractivity contribution is -0.122. The monoisotopic (exact) mass is 602 g/mol. The predicted octanol–water partition coefficient (Wildman–Crippen LogP) is 6.06. The van der Waals surface area contributed by atoms with E-state index < -0.39 is 11.8 Å². The van der Waals surface area contributed by atoms with E-state index in [1.807, 2.05) is 30.3 Å². The minimum Gasteiger partial charge on any atom is -0.486 e. The number of hydrogen-bond donors (Lipinski definition) is 1. The number of ether oxygens (including phenoxy) is 3. The third-order valence-electron chi connectivity index (χ3n) is 7.06. The average molecular weight is 603 g/mol. The van der Waals surface area contributed by atoms with Gasteiger partial charge in [-0.2, -0.15) is 0 Å². The largest absolute Gasteiger partial charge is 0.486 e. The van der Waals surface area contributed by atoms with Crippen LogP contribution < -0.4 is 24.4 Å². The molecule has 0 atom stereocenters. The molecule has 7 rings (SSSR count). The summed E-state index contributed by atoms with van der Waals surface area (Å²) >= 11 is 5.34. The van der Waals surface area contributed by atoms with E-state index in [-0.39, 0.29) is 22.2 Å². The fourth-order valence-electron chi connectivity index (χ4n) is 4.94. The van der Waals surface area contributed by atoms with E-state index in [2.05, 4.69) is 5.32 Å². The van der Waals surface area contributed by atoms with Crippen molar-refractivity contribution in [3.05, 3.63) is 120 Å². The quantitative estimate of drug-likeness (QED) is 0.108. The van der Waals surface area contributed by atoms with Gasteiger partial charge < -0.3 is 18.6 Å². The molecule has 0 bridgehead atoms. The highest BCUT2D eigenvalue weighted by molar-refractivity contribution is 7.80. The Kier molecular flexibility index (Phi) is 6.88. The number of para-hydroxylation sites is 1. The summed E-state index contributed by atoms with van der Waals surface area (Å²) in [6, 6.07) is 27.9. The molecular weight excluding hydrogens is 580 g/mol. The molecule has 1 N–H and O–H groups in total. The molecule has 44 heavy (non-hydrogen) atoms. The number of nitrogens with zero attached hydrogens (tertiary/aromatic N) is 1. The molecule has 1 saturated heterocycles. The molecule has 3 heterocycles. The topological polar surface area (TPSA) is 107 Å². The number of amides is 2. The van der Waals surface area contributed by atoms with Gasteiger partial charge in [0.05, 0.1) is 5.69 Å². The van der Waals surface area contributed by atoms with E-state index in [0.717, 1.165) is 0 Å². The number of ketones is 1. The van der Waals surface area contributed by atoms with Crippen molar-refractivity contribution in [2.45, 2.75) is 0 Å². The zero-order chi connectivity index (χ0) is 30.2. The highest BCUT2D eigenvalue weighted by Gasteiger charge is 2.34. The number of hydrogen-bond acceptors (Lipinski definition) is 8. The Labute approximate surface area is 256 Å². The number of thiocarbonyl (C=S) groups is 1. The summed E-state index contributed by atoms with van der Waals surface area (Å²) in [5, 5.41) is 3.20. The number of benzene rings is 4. The summed E-state index contributed by atoms with van der Waals surface area (Å²) in [4.78, 5) is 40.8. The molecule has 4 aromatic carbocycles. The highest BCUT2D eigenvalue weighted by Crippen LogP contribution is 2.33. The minimum absolute atomic E-state index is 0.0264. The number of furan rings is 1. The SMILES string of the molecule is O=C1NC(=S)N(c2ccc(Oc3ccccc3)cc2)C(=O)C1=Cc1ccc2oc(C(=O)c3ccc4c(c3)OCCO4)cc2c1. The van der Waals surface area contributed by atoms with E-state index in [9.17, 15) is 14.4 Å². The Balaban J connectivity index is 1.13. The van der Waals surface area contributed by atoms with E-state index in [4.69, 9.17) is 30.8 Å². The van der Waals surface area contributed by atoms with Gasteiger partial charge in [0, 0.05) is 10.9 Å². The molecule has 0 saturated carbocycles. The third kappa shape index (κ3) is 5.18. The van der Waals surface area contributed by atoms with Gasteiger partial charge in [0.25, 0.3) is 11.8 Å². The summed E-state index contributed by atoms with van der Waals surface area (Å²) in [5.74, 6) is 0.997. The van der Waals surface area contributed by atoms with E-state index >= 15 is 0 Å². The smallest absolute Gasteiger partial charge is 0.270 e. The number of carbonyl (C=O) groups excluding carboxylic acids is 3. The molecule has 1 aromatic heterocycles. The lowest BCUT2D eigenvalue weighted by Gasteiger charge is -2.29. The Morgan fingerprint density at radius 3 is 2.39 bits per heavy atom. The van der Waals surface area contributed by atoms with E-state index in [0.29, 0.717) is 64.0 Å². The van der Waals surface area contributed by atoms with Crippen LogP contribution in [0.5, 0.6) is 23.0 Å². The normalized spacial score (nSPS) is 15.4. The number of nitrogens with one attached hydrogen (secondary N) is 1. The summed E-state index contributed by atoms with van der Waals surface area (Å²) in [5.41, 5.74) is 1.82. The van der Waals surface area contributed by atoms with Crippen LogP contribution in [0.15, 0.2) is 107 Å². The Bertz CT molecular complexity index is 2000. The van der Waals surface area contributed by atoms with Crippen LogP contribution >= 0.6 is 12.2 Å². The molecule has 2 aliphatic rings. The van der Waals surface area contributed by atoms with Crippen molar-refractivity contribution < 1.29 is 33.0 Å².